The van der Waals surface area contributed by atoms with Gasteiger partial charge < -0.3 is 19.9 Å². The summed E-state index contributed by atoms with van der Waals surface area (Å²) in [6, 6.07) is 12.6. The van der Waals surface area contributed by atoms with E-state index in [1.807, 2.05) is 12.1 Å². The first-order chi connectivity index (χ1) is 17.9. The van der Waals surface area contributed by atoms with Gasteiger partial charge in [-0.15, -0.1) is 0 Å². The van der Waals surface area contributed by atoms with E-state index in [4.69, 9.17) is 17.0 Å². The summed E-state index contributed by atoms with van der Waals surface area (Å²) in [6.07, 6.45) is 5.99. The lowest BCUT2D eigenvalue weighted by Gasteiger charge is -2.35. The van der Waals surface area contributed by atoms with Crippen molar-refractivity contribution >= 4 is 35.0 Å². The predicted octanol–water partition coefficient (Wildman–Crippen LogP) is 4.28. The SMILES string of the molecule is CCC1CCCCN1CCCNC(=O)c1ccc(Cn2c(=S)[nH]c3cc(C(=O)OC)ccc3c2=O)cc1. The summed E-state index contributed by atoms with van der Waals surface area (Å²) in [5, 5.41) is 3.44. The van der Waals surface area contributed by atoms with Crippen molar-refractivity contribution in [3.05, 3.63) is 74.3 Å². The van der Waals surface area contributed by atoms with Crippen LogP contribution in [0.4, 0.5) is 0 Å². The van der Waals surface area contributed by atoms with E-state index in [9.17, 15) is 14.4 Å². The summed E-state index contributed by atoms with van der Waals surface area (Å²) in [7, 11) is 1.31. The van der Waals surface area contributed by atoms with Gasteiger partial charge in [0, 0.05) is 24.7 Å². The molecular weight excluding hydrogens is 488 g/mol. The molecule has 9 heteroatoms. The summed E-state index contributed by atoms with van der Waals surface area (Å²) < 4.78 is 6.46. The number of nitrogens with zero attached hydrogens (tertiary/aromatic N) is 2. The van der Waals surface area contributed by atoms with Gasteiger partial charge in [0.2, 0.25) is 0 Å². The zero-order valence-electron chi connectivity index (χ0n) is 21.4. The number of carbonyl (C=O) groups excluding carboxylic acids is 2. The summed E-state index contributed by atoms with van der Waals surface area (Å²) >= 11 is 5.42. The van der Waals surface area contributed by atoms with E-state index < -0.39 is 5.97 Å². The number of methoxy groups -OCH3 is 1. The number of amides is 1. The molecule has 1 saturated heterocycles. The molecule has 1 aliphatic rings. The van der Waals surface area contributed by atoms with Crippen LogP contribution < -0.4 is 10.9 Å². The van der Waals surface area contributed by atoms with E-state index in [-0.39, 0.29) is 22.8 Å². The van der Waals surface area contributed by atoms with E-state index in [0.717, 1.165) is 25.1 Å². The first kappa shape index (κ1) is 26.8. The highest BCUT2D eigenvalue weighted by atomic mass is 32.1. The van der Waals surface area contributed by atoms with Crippen LogP contribution in [0.2, 0.25) is 0 Å². The first-order valence-corrected chi connectivity index (χ1v) is 13.3. The second kappa shape index (κ2) is 12.3. The number of hydrogen-bond acceptors (Lipinski definition) is 6. The Labute approximate surface area is 221 Å². The summed E-state index contributed by atoms with van der Waals surface area (Å²) in [5.41, 5.74) is 1.99. The Hall–Kier alpha value is -3.30. The molecule has 37 heavy (non-hydrogen) atoms. The van der Waals surface area contributed by atoms with Gasteiger partial charge in [-0.2, -0.15) is 0 Å². The lowest BCUT2D eigenvalue weighted by atomic mass is 10.00. The summed E-state index contributed by atoms with van der Waals surface area (Å²) in [4.78, 5) is 43.1. The van der Waals surface area contributed by atoms with Gasteiger partial charge in [0.15, 0.2) is 4.77 Å². The van der Waals surface area contributed by atoms with Crippen LogP contribution in [-0.2, 0) is 11.3 Å². The van der Waals surface area contributed by atoms with E-state index in [2.05, 4.69) is 22.1 Å². The Morgan fingerprint density at radius 1 is 1.14 bits per heavy atom. The second-order valence-electron chi connectivity index (χ2n) is 9.47. The third-order valence-corrected chi connectivity index (χ3v) is 7.41. The Kier molecular flexibility index (Phi) is 8.89. The average molecular weight is 523 g/mol. The molecule has 0 radical (unpaired) electrons. The Balaban J connectivity index is 1.37. The van der Waals surface area contributed by atoms with Crippen LogP contribution in [0.5, 0.6) is 0 Å². The molecule has 1 fully saturated rings. The fraction of sp³-hybridized carbons (Fsp3) is 0.429. The number of rotatable bonds is 9. The van der Waals surface area contributed by atoms with Crippen molar-refractivity contribution in [2.45, 2.75) is 51.6 Å². The van der Waals surface area contributed by atoms with Crippen molar-refractivity contribution in [1.82, 2.24) is 19.8 Å². The van der Waals surface area contributed by atoms with Crippen molar-refractivity contribution in [3.63, 3.8) is 0 Å². The van der Waals surface area contributed by atoms with Gasteiger partial charge in [-0.25, -0.2) is 4.79 Å². The highest BCUT2D eigenvalue weighted by Crippen LogP contribution is 2.19. The van der Waals surface area contributed by atoms with Crippen molar-refractivity contribution < 1.29 is 14.3 Å². The number of ether oxygens (including phenoxy) is 1. The molecule has 2 heterocycles. The third-order valence-electron chi connectivity index (χ3n) is 7.09. The number of benzene rings is 2. The van der Waals surface area contributed by atoms with Crippen molar-refractivity contribution in [2.24, 2.45) is 0 Å². The Morgan fingerprint density at radius 2 is 1.89 bits per heavy atom. The molecule has 1 amide bonds. The summed E-state index contributed by atoms with van der Waals surface area (Å²) in [6.45, 7) is 5.34. The fourth-order valence-corrected chi connectivity index (χ4v) is 5.25. The van der Waals surface area contributed by atoms with Gasteiger partial charge in [-0.1, -0.05) is 25.5 Å². The zero-order chi connectivity index (χ0) is 26.4. The number of carbonyl (C=O) groups is 2. The van der Waals surface area contributed by atoms with Gasteiger partial charge in [0.1, 0.15) is 0 Å². The lowest BCUT2D eigenvalue weighted by Crippen LogP contribution is -2.40. The number of hydrogen-bond donors (Lipinski definition) is 2. The van der Waals surface area contributed by atoms with Crippen molar-refractivity contribution in [2.75, 3.05) is 26.7 Å². The van der Waals surface area contributed by atoms with Crippen molar-refractivity contribution in [3.8, 4) is 0 Å². The molecular formula is C28H34N4O4S. The first-order valence-electron chi connectivity index (χ1n) is 12.9. The van der Waals surface area contributed by atoms with Gasteiger partial charge in [-0.05, 0) is 80.3 Å². The molecule has 4 rings (SSSR count). The molecule has 1 aromatic heterocycles. The minimum atomic E-state index is -0.485. The molecule has 0 bridgehead atoms. The van der Waals surface area contributed by atoms with Crippen LogP contribution in [0.1, 0.15) is 65.3 Å². The smallest absolute Gasteiger partial charge is 0.337 e. The average Bonchev–Trinajstić information content (AvgIpc) is 2.93. The molecule has 3 aromatic rings. The van der Waals surface area contributed by atoms with Crippen LogP contribution in [-0.4, -0.2) is 59.1 Å². The number of H-pyrrole nitrogens is 1. The molecule has 1 atom stereocenters. The molecule has 1 aliphatic heterocycles. The number of aromatic amines is 1. The van der Waals surface area contributed by atoms with Gasteiger partial charge >= 0.3 is 5.97 Å². The molecule has 1 unspecified atom stereocenters. The lowest BCUT2D eigenvalue weighted by molar-refractivity contribution is 0.0600. The molecule has 0 saturated carbocycles. The van der Waals surface area contributed by atoms with Crippen molar-refractivity contribution in [1.29, 1.82) is 0 Å². The van der Waals surface area contributed by atoms with Crippen LogP contribution in [0.3, 0.4) is 0 Å². The third kappa shape index (κ3) is 6.34. The Bertz CT molecular complexity index is 1380. The van der Waals surface area contributed by atoms with Gasteiger partial charge in [0.05, 0.1) is 30.1 Å². The van der Waals surface area contributed by atoms with Gasteiger partial charge in [0.25, 0.3) is 11.5 Å². The number of esters is 1. The minimum Gasteiger partial charge on any atom is -0.465 e. The van der Waals surface area contributed by atoms with Gasteiger partial charge in [-0.3, -0.25) is 14.2 Å². The van der Waals surface area contributed by atoms with Crippen LogP contribution in [0, 0.1) is 4.77 Å². The number of piperidine rings is 1. The fourth-order valence-electron chi connectivity index (χ4n) is 4.99. The minimum absolute atomic E-state index is 0.0983. The maximum Gasteiger partial charge on any atom is 0.337 e. The Morgan fingerprint density at radius 3 is 2.62 bits per heavy atom. The number of fused-ring (bicyclic) bond motifs is 1. The molecule has 2 aromatic carbocycles. The maximum atomic E-state index is 13.1. The molecule has 8 nitrogen and oxygen atoms in total. The molecule has 0 spiro atoms. The van der Waals surface area contributed by atoms with E-state index in [1.165, 1.54) is 37.4 Å². The maximum absolute atomic E-state index is 13.1. The largest absolute Gasteiger partial charge is 0.465 e. The monoisotopic (exact) mass is 522 g/mol. The van der Waals surface area contributed by atoms with Crippen LogP contribution in [0.25, 0.3) is 10.9 Å². The number of aromatic nitrogens is 2. The normalized spacial score (nSPS) is 16.0. The highest BCUT2D eigenvalue weighted by Gasteiger charge is 2.20. The molecule has 196 valence electrons. The highest BCUT2D eigenvalue weighted by molar-refractivity contribution is 7.71. The van der Waals surface area contributed by atoms with E-state index in [1.54, 1.807) is 30.3 Å². The van der Waals surface area contributed by atoms with Crippen LogP contribution >= 0.6 is 12.2 Å². The number of likely N-dealkylation sites (tertiary alicyclic amines) is 1. The van der Waals surface area contributed by atoms with E-state index >= 15 is 0 Å². The molecule has 2 N–H and O–H groups in total. The van der Waals surface area contributed by atoms with E-state index in [0.29, 0.717) is 34.6 Å². The topological polar surface area (TPSA) is 96.4 Å². The second-order valence-corrected chi connectivity index (χ2v) is 9.86. The summed E-state index contributed by atoms with van der Waals surface area (Å²) in [5.74, 6) is -0.583. The predicted molar refractivity (Wildman–Crippen MR) is 147 cm³/mol. The standard InChI is InChI=1S/C28H34N4O4S/c1-3-22-7-4-5-15-31(22)16-6-14-29-25(33)20-10-8-19(9-11-20)18-32-26(34)23-13-12-21(27(35)36-2)17-24(23)30-28(32)37/h8-13,17,22H,3-7,14-16,18H2,1-2H3,(H,29,33)(H,30,37). The quantitative estimate of drug-likeness (QED) is 0.247. The zero-order valence-corrected chi connectivity index (χ0v) is 22.2. The molecule has 0 aliphatic carbocycles. The van der Waals surface area contributed by atoms with Crippen LogP contribution in [0.15, 0.2) is 47.3 Å². The number of nitrogens with one attached hydrogen (secondary N) is 2.